The van der Waals surface area contributed by atoms with Gasteiger partial charge in [-0.3, -0.25) is 14.6 Å². The van der Waals surface area contributed by atoms with Crippen LogP contribution >= 0.6 is 15.9 Å². The summed E-state index contributed by atoms with van der Waals surface area (Å²) in [5, 5.41) is 3.34. The SMILES string of the molecule is Cc1ccc(S(=O)(=O)n2cc3c4c2C(=O)C2=C(C4=NCC3)[C@]34C=C(Br)C(=O)C[C@H]3OC[C@@H](C4)N2)cc1. The van der Waals surface area contributed by atoms with Crippen molar-refractivity contribution >= 4 is 43.2 Å². The van der Waals surface area contributed by atoms with Gasteiger partial charge in [-0.1, -0.05) is 23.8 Å². The number of ether oxygens (including phenoxy) is 1. The molecule has 36 heavy (non-hydrogen) atoms. The number of Topliss-reactive ketones (excluding diaryl/α,β-unsaturated/α-hetero) is 2. The minimum atomic E-state index is -4.01. The number of aromatic nitrogens is 1. The van der Waals surface area contributed by atoms with Crippen LogP contribution in [0.1, 0.15) is 40.0 Å². The third-order valence-electron chi connectivity index (χ3n) is 7.94. The Kier molecular flexibility index (Phi) is 4.58. The van der Waals surface area contributed by atoms with Crippen LogP contribution < -0.4 is 5.32 Å². The molecular formula is C26H22BrN3O5S. The molecule has 0 amide bonds. The molecular weight excluding hydrogens is 546 g/mol. The summed E-state index contributed by atoms with van der Waals surface area (Å²) in [5.74, 6) is -0.400. The Morgan fingerprint density at radius 1 is 1.22 bits per heavy atom. The molecule has 0 saturated carbocycles. The van der Waals surface area contributed by atoms with Crippen LogP contribution in [0, 0.1) is 12.3 Å². The van der Waals surface area contributed by atoms with Crippen LogP contribution in [0.25, 0.3) is 0 Å². The number of allylic oxidation sites excluding steroid dienone is 2. The first-order chi connectivity index (χ1) is 17.2. The predicted molar refractivity (Wildman–Crippen MR) is 135 cm³/mol. The quantitative estimate of drug-likeness (QED) is 0.598. The molecule has 3 aliphatic heterocycles. The van der Waals surface area contributed by atoms with Gasteiger partial charge < -0.3 is 10.1 Å². The van der Waals surface area contributed by atoms with Gasteiger partial charge in [0.05, 0.1) is 39.5 Å². The first kappa shape index (κ1) is 22.4. The third kappa shape index (κ3) is 2.83. The number of fused-ring (bicyclic) bond motifs is 2. The van der Waals surface area contributed by atoms with E-state index in [1.807, 2.05) is 13.0 Å². The van der Waals surface area contributed by atoms with Gasteiger partial charge in [0.1, 0.15) is 5.69 Å². The van der Waals surface area contributed by atoms with E-state index in [1.165, 1.54) is 0 Å². The van der Waals surface area contributed by atoms with E-state index >= 15 is 0 Å². The van der Waals surface area contributed by atoms with Gasteiger partial charge in [-0.25, -0.2) is 12.4 Å². The van der Waals surface area contributed by atoms with Crippen molar-refractivity contribution < 1.29 is 22.7 Å². The number of aliphatic imine (C=N–C) groups is 1. The molecule has 1 aromatic carbocycles. The standard InChI is InChI=1S/C26H22BrN3O5S/c1-13-2-4-16(5-3-13)36(33,34)30-11-14-6-7-28-22-20(14)24(30)25(32)23-21(22)26-9-15(29-23)12-35-19(26)8-18(31)17(27)10-26/h2-5,10-11,15,19,29H,6-9,12H2,1H3/t15-,19-,26-/m1/s1. The molecule has 2 aliphatic carbocycles. The van der Waals surface area contributed by atoms with Crippen molar-refractivity contribution in [1.29, 1.82) is 0 Å². The summed E-state index contributed by atoms with van der Waals surface area (Å²) in [4.78, 5) is 31.6. The molecule has 7 rings (SSSR count). The van der Waals surface area contributed by atoms with Crippen molar-refractivity contribution in [1.82, 2.24) is 9.29 Å². The topological polar surface area (TPSA) is 107 Å². The maximum atomic E-state index is 14.2. The third-order valence-corrected chi connectivity index (χ3v) is 10.3. The Bertz CT molecular complexity index is 1600. The summed E-state index contributed by atoms with van der Waals surface area (Å²) in [6.07, 6.45) is 4.48. The molecule has 1 aromatic heterocycles. The molecule has 1 saturated heterocycles. The Labute approximate surface area is 216 Å². The minimum absolute atomic E-state index is 0.0331. The van der Waals surface area contributed by atoms with Gasteiger partial charge >= 0.3 is 0 Å². The maximum Gasteiger partial charge on any atom is 0.268 e. The smallest absolute Gasteiger partial charge is 0.268 e. The summed E-state index contributed by atoms with van der Waals surface area (Å²) in [5.41, 5.74) is 3.45. The number of carbonyl (C=O) groups excluding carboxylic acids is 2. The summed E-state index contributed by atoms with van der Waals surface area (Å²) >= 11 is 3.44. The van der Waals surface area contributed by atoms with Gasteiger partial charge in [-0.15, -0.1) is 0 Å². The molecule has 2 aromatic rings. The van der Waals surface area contributed by atoms with E-state index in [0.717, 1.165) is 20.7 Å². The fraction of sp³-hybridized carbons (Fsp3) is 0.346. The van der Waals surface area contributed by atoms with Crippen molar-refractivity contribution in [3.8, 4) is 0 Å². The van der Waals surface area contributed by atoms with E-state index in [0.29, 0.717) is 47.4 Å². The van der Waals surface area contributed by atoms with Crippen LogP contribution in [0.2, 0.25) is 0 Å². The molecule has 1 spiro atoms. The fourth-order valence-electron chi connectivity index (χ4n) is 6.30. The van der Waals surface area contributed by atoms with Crippen LogP contribution in [0.15, 0.2) is 62.2 Å². The maximum absolute atomic E-state index is 14.2. The highest BCUT2D eigenvalue weighted by Gasteiger charge is 2.57. The monoisotopic (exact) mass is 567 g/mol. The fourth-order valence-corrected chi connectivity index (χ4v) is 8.26. The van der Waals surface area contributed by atoms with E-state index in [9.17, 15) is 18.0 Å². The van der Waals surface area contributed by atoms with Gasteiger partial charge in [-0.2, -0.15) is 0 Å². The molecule has 3 atom stereocenters. The molecule has 5 aliphatic rings. The Hall–Kier alpha value is -2.82. The number of hydrogen-bond acceptors (Lipinski definition) is 7. The van der Waals surface area contributed by atoms with Gasteiger partial charge in [0.2, 0.25) is 5.78 Å². The highest BCUT2D eigenvalue weighted by molar-refractivity contribution is 9.12. The number of benzene rings is 1. The normalized spacial score (nSPS) is 28.5. The number of rotatable bonds is 2. The first-order valence-electron chi connectivity index (χ1n) is 11.9. The largest absolute Gasteiger partial charge is 0.376 e. The molecule has 1 N–H and O–H groups in total. The summed E-state index contributed by atoms with van der Waals surface area (Å²) in [7, 11) is -4.01. The zero-order valence-electron chi connectivity index (χ0n) is 19.4. The lowest BCUT2D eigenvalue weighted by Crippen LogP contribution is -2.60. The number of carbonyl (C=O) groups is 2. The zero-order chi connectivity index (χ0) is 25.0. The number of halogens is 1. The molecule has 8 nitrogen and oxygen atoms in total. The van der Waals surface area contributed by atoms with Gasteiger partial charge in [0.15, 0.2) is 5.78 Å². The van der Waals surface area contributed by atoms with Crippen molar-refractivity contribution in [3.05, 3.63) is 74.7 Å². The Morgan fingerprint density at radius 3 is 2.78 bits per heavy atom. The number of nitrogens with one attached hydrogen (secondary N) is 1. The Balaban J connectivity index is 1.48. The number of nitrogens with zero attached hydrogens (tertiary/aromatic N) is 2. The molecule has 4 heterocycles. The van der Waals surface area contributed by atoms with E-state index in [4.69, 9.17) is 9.73 Å². The van der Waals surface area contributed by atoms with E-state index in [2.05, 4.69) is 21.2 Å². The number of hydrogen-bond donors (Lipinski definition) is 1. The Morgan fingerprint density at radius 2 is 2.00 bits per heavy atom. The predicted octanol–water partition coefficient (Wildman–Crippen LogP) is 2.83. The van der Waals surface area contributed by atoms with Crippen LogP contribution in [0.4, 0.5) is 0 Å². The molecule has 0 radical (unpaired) electrons. The second kappa shape index (κ2) is 7.36. The molecule has 2 bridgehead atoms. The molecule has 184 valence electrons. The average Bonchev–Trinajstić information content (AvgIpc) is 3.25. The van der Waals surface area contributed by atoms with Gasteiger partial charge in [-0.05, 0) is 53.4 Å². The minimum Gasteiger partial charge on any atom is -0.376 e. The summed E-state index contributed by atoms with van der Waals surface area (Å²) in [6.45, 7) is 2.74. The average molecular weight is 568 g/mol. The van der Waals surface area contributed by atoms with E-state index in [1.54, 1.807) is 30.5 Å². The summed E-state index contributed by atoms with van der Waals surface area (Å²) < 4.78 is 35.3. The highest BCUT2D eigenvalue weighted by atomic mass is 79.9. The van der Waals surface area contributed by atoms with E-state index < -0.39 is 21.5 Å². The molecule has 1 fully saturated rings. The van der Waals surface area contributed by atoms with E-state index in [-0.39, 0.29) is 34.6 Å². The van der Waals surface area contributed by atoms with Crippen molar-refractivity contribution in [3.63, 3.8) is 0 Å². The lowest BCUT2D eigenvalue weighted by atomic mass is 9.60. The van der Waals surface area contributed by atoms with Gasteiger partial charge in [0.25, 0.3) is 10.0 Å². The van der Waals surface area contributed by atoms with Crippen LogP contribution in [-0.2, 0) is 26.0 Å². The number of ketones is 2. The second-order valence-corrected chi connectivity index (χ2v) is 12.7. The highest BCUT2D eigenvalue weighted by Crippen LogP contribution is 2.54. The van der Waals surface area contributed by atoms with Crippen molar-refractivity contribution in [2.24, 2.45) is 10.4 Å². The summed E-state index contributed by atoms with van der Waals surface area (Å²) in [6, 6.07) is 6.48. The van der Waals surface area contributed by atoms with Gasteiger partial charge in [0, 0.05) is 35.7 Å². The van der Waals surface area contributed by atoms with Crippen molar-refractivity contribution in [2.75, 3.05) is 13.2 Å². The first-order valence-corrected chi connectivity index (χ1v) is 14.1. The lowest BCUT2D eigenvalue weighted by molar-refractivity contribution is -0.125. The molecule has 0 unspecified atom stereocenters. The van der Waals surface area contributed by atoms with Crippen LogP contribution in [0.3, 0.4) is 0 Å². The molecule has 10 heteroatoms. The van der Waals surface area contributed by atoms with Crippen molar-refractivity contribution in [2.45, 2.75) is 43.2 Å². The van der Waals surface area contributed by atoms with Crippen LogP contribution in [-0.4, -0.2) is 55.0 Å². The lowest BCUT2D eigenvalue weighted by Gasteiger charge is -2.53. The van der Waals surface area contributed by atoms with Crippen LogP contribution in [0.5, 0.6) is 0 Å². The zero-order valence-corrected chi connectivity index (χ0v) is 21.8. The second-order valence-electron chi connectivity index (χ2n) is 10.1. The number of aryl methyl sites for hydroxylation is 1.